The van der Waals surface area contributed by atoms with Crippen molar-refractivity contribution in [2.24, 2.45) is 0 Å². The van der Waals surface area contributed by atoms with Crippen LogP contribution in [-0.2, 0) is 13.0 Å². The minimum Gasteiger partial charge on any atom is -0.478 e. The molecule has 0 saturated heterocycles. The van der Waals surface area contributed by atoms with E-state index in [2.05, 4.69) is 11.4 Å². The molecule has 0 amide bonds. The largest absolute Gasteiger partial charge is 0.478 e. The summed E-state index contributed by atoms with van der Waals surface area (Å²) in [6, 6.07) is 16.5. The predicted octanol–water partition coefficient (Wildman–Crippen LogP) is 3.06. The van der Waals surface area contributed by atoms with E-state index in [1.165, 1.54) is 0 Å². The van der Waals surface area contributed by atoms with E-state index < -0.39 is 5.97 Å². The van der Waals surface area contributed by atoms with E-state index in [-0.39, 0.29) is 0 Å². The fourth-order valence-corrected chi connectivity index (χ4v) is 1.91. The van der Waals surface area contributed by atoms with Gasteiger partial charge in [-0.3, -0.25) is 0 Å². The zero-order valence-corrected chi connectivity index (χ0v) is 10.8. The van der Waals surface area contributed by atoms with Crippen molar-refractivity contribution in [1.29, 1.82) is 5.26 Å². The number of nitrogens with one attached hydrogen (secondary N) is 1. The molecule has 0 unspecified atom stereocenters. The lowest BCUT2D eigenvalue weighted by Gasteiger charge is -2.09. The van der Waals surface area contributed by atoms with Crippen LogP contribution >= 0.6 is 0 Å². The Morgan fingerprint density at radius 2 is 1.85 bits per heavy atom. The Bertz CT molecular complexity index is 642. The standard InChI is InChI=1S/C16H14N2O2/c17-10-9-12-5-7-14(8-6-12)18-11-13-3-1-2-4-15(13)16(19)20/h1-8,18H,9,11H2,(H,19,20). The first-order chi connectivity index (χ1) is 9.70. The third-order valence-corrected chi connectivity index (χ3v) is 2.97. The van der Waals surface area contributed by atoms with Gasteiger partial charge in [-0.1, -0.05) is 30.3 Å². The second-order valence-electron chi connectivity index (χ2n) is 4.35. The number of carboxylic acids is 1. The SMILES string of the molecule is N#CCc1ccc(NCc2ccccc2C(=O)O)cc1. The first-order valence-electron chi connectivity index (χ1n) is 6.21. The van der Waals surface area contributed by atoms with Gasteiger partial charge < -0.3 is 10.4 Å². The summed E-state index contributed by atoms with van der Waals surface area (Å²) in [4.78, 5) is 11.1. The molecule has 0 aliphatic rings. The van der Waals surface area contributed by atoms with Crippen molar-refractivity contribution in [2.75, 3.05) is 5.32 Å². The van der Waals surface area contributed by atoms with Gasteiger partial charge >= 0.3 is 5.97 Å². The number of benzene rings is 2. The number of rotatable bonds is 5. The molecule has 20 heavy (non-hydrogen) atoms. The third kappa shape index (κ3) is 3.36. The lowest BCUT2D eigenvalue weighted by atomic mass is 10.1. The Balaban J connectivity index is 2.05. The summed E-state index contributed by atoms with van der Waals surface area (Å²) < 4.78 is 0. The van der Waals surface area contributed by atoms with E-state index >= 15 is 0 Å². The highest BCUT2D eigenvalue weighted by molar-refractivity contribution is 5.89. The first-order valence-corrected chi connectivity index (χ1v) is 6.21. The normalized spacial score (nSPS) is 9.75. The molecule has 4 nitrogen and oxygen atoms in total. The van der Waals surface area contributed by atoms with E-state index in [0.29, 0.717) is 18.5 Å². The van der Waals surface area contributed by atoms with Crippen LogP contribution < -0.4 is 5.32 Å². The number of nitrogens with zero attached hydrogens (tertiary/aromatic N) is 1. The monoisotopic (exact) mass is 266 g/mol. The highest BCUT2D eigenvalue weighted by atomic mass is 16.4. The molecule has 0 aromatic heterocycles. The van der Waals surface area contributed by atoms with Crippen molar-refractivity contribution in [3.05, 3.63) is 65.2 Å². The number of carboxylic acid groups (broad SMARTS) is 1. The van der Waals surface area contributed by atoms with E-state index in [1.807, 2.05) is 30.3 Å². The maximum absolute atomic E-state index is 11.1. The zero-order chi connectivity index (χ0) is 14.4. The Hall–Kier alpha value is -2.80. The number of nitriles is 1. The van der Waals surface area contributed by atoms with Crippen molar-refractivity contribution in [3.63, 3.8) is 0 Å². The summed E-state index contributed by atoms with van der Waals surface area (Å²) in [5.74, 6) is -0.924. The van der Waals surface area contributed by atoms with Crippen LogP contribution in [0.2, 0.25) is 0 Å². The van der Waals surface area contributed by atoms with Crippen LogP contribution in [0.5, 0.6) is 0 Å². The Kier molecular flexibility index (Phi) is 4.35. The molecule has 0 atom stereocenters. The van der Waals surface area contributed by atoms with Gasteiger partial charge in [0.15, 0.2) is 0 Å². The molecule has 0 spiro atoms. The number of hydrogen-bond acceptors (Lipinski definition) is 3. The molecule has 0 heterocycles. The minimum absolute atomic E-state index is 0.307. The molecule has 2 rings (SSSR count). The van der Waals surface area contributed by atoms with Crippen molar-refractivity contribution in [1.82, 2.24) is 0 Å². The Morgan fingerprint density at radius 1 is 1.15 bits per heavy atom. The second kappa shape index (κ2) is 6.39. The summed E-state index contributed by atoms with van der Waals surface area (Å²) in [6.45, 7) is 0.445. The zero-order valence-electron chi connectivity index (χ0n) is 10.8. The van der Waals surface area contributed by atoms with E-state index in [9.17, 15) is 4.79 Å². The predicted molar refractivity (Wildman–Crippen MR) is 76.5 cm³/mol. The molecular weight excluding hydrogens is 252 g/mol. The Morgan fingerprint density at radius 3 is 2.50 bits per heavy atom. The van der Waals surface area contributed by atoms with Gasteiger partial charge in [-0.05, 0) is 29.3 Å². The third-order valence-electron chi connectivity index (χ3n) is 2.97. The van der Waals surface area contributed by atoms with Crippen LogP contribution in [-0.4, -0.2) is 11.1 Å². The van der Waals surface area contributed by atoms with Gasteiger partial charge in [-0.25, -0.2) is 4.79 Å². The number of hydrogen-bond donors (Lipinski definition) is 2. The first kappa shape index (κ1) is 13.6. The molecule has 0 saturated carbocycles. The highest BCUT2D eigenvalue weighted by Gasteiger charge is 2.08. The number of aromatic carboxylic acids is 1. The van der Waals surface area contributed by atoms with Crippen molar-refractivity contribution >= 4 is 11.7 Å². The fraction of sp³-hybridized carbons (Fsp3) is 0.125. The summed E-state index contributed by atoms with van der Waals surface area (Å²) in [5, 5.41) is 20.9. The quantitative estimate of drug-likeness (QED) is 0.872. The molecule has 2 N–H and O–H groups in total. The topological polar surface area (TPSA) is 73.1 Å². The fourth-order valence-electron chi connectivity index (χ4n) is 1.91. The summed E-state index contributed by atoms with van der Waals surface area (Å²) in [5.41, 5.74) is 2.90. The highest BCUT2D eigenvalue weighted by Crippen LogP contribution is 2.14. The molecular formula is C16H14N2O2. The minimum atomic E-state index is -0.924. The molecule has 0 aliphatic carbocycles. The number of anilines is 1. The maximum atomic E-state index is 11.1. The van der Waals surface area contributed by atoms with Crippen molar-refractivity contribution < 1.29 is 9.90 Å². The molecule has 0 bridgehead atoms. The van der Waals surface area contributed by atoms with Gasteiger partial charge in [-0.15, -0.1) is 0 Å². The summed E-state index contributed by atoms with van der Waals surface area (Å²) >= 11 is 0. The van der Waals surface area contributed by atoms with E-state index in [4.69, 9.17) is 10.4 Å². The van der Waals surface area contributed by atoms with Crippen molar-refractivity contribution in [2.45, 2.75) is 13.0 Å². The van der Waals surface area contributed by atoms with Crippen LogP contribution in [0.4, 0.5) is 5.69 Å². The molecule has 2 aromatic rings. The molecule has 2 aromatic carbocycles. The van der Waals surface area contributed by atoms with Crippen LogP contribution in [0.25, 0.3) is 0 Å². The van der Waals surface area contributed by atoms with Gasteiger partial charge in [-0.2, -0.15) is 5.26 Å². The molecule has 100 valence electrons. The maximum Gasteiger partial charge on any atom is 0.336 e. The average molecular weight is 266 g/mol. The molecule has 0 fully saturated rings. The van der Waals surface area contributed by atoms with Crippen LogP contribution in [0, 0.1) is 11.3 Å². The average Bonchev–Trinajstić information content (AvgIpc) is 2.47. The van der Waals surface area contributed by atoms with Gasteiger partial charge in [0.25, 0.3) is 0 Å². The van der Waals surface area contributed by atoms with Gasteiger partial charge in [0.1, 0.15) is 0 Å². The molecule has 0 radical (unpaired) electrons. The van der Waals surface area contributed by atoms with Crippen molar-refractivity contribution in [3.8, 4) is 6.07 Å². The summed E-state index contributed by atoms with van der Waals surface area (Å²) in [7, 11) is 0. The lowest BCUT2D eigenvalue weighted by molar-refractivity contribution is 0.0696. The van der Waals surface area contributed by atoms with Crippen LogP contribution in [0.3, 0.4) is 0 Å². The van der Waals surface area contributed by atoms with E-state index in [0.717, 1.165) is 16.8 Å². The molecule has 0 aliphatic heterocycles. The molecule has 4 heteroatoms. The van der Waals surface area contributed by atoms with E-state index in [1.54, 1.807) is 18.2 Å². The summed E-state index contributed by atoms with van der Waals surface area (Å²) in [6.07, 6.45) is 0.391. The van der Waals surface area contributed by atoms with Crippen LogP contribution in [0.1, 0.15) is 21.5 Å². The van der Waals surface area contributed by atoms with Gasteiger partial charge in [0.05, 0.1) is 18.1 Å². The number of carbonyl (C=O) groups is 1. The lowest BCUT2D eigenvalue weighted by Crippen LogP contribution is -2.07. The van der Waals surface area contributed by atoms with Gasteiger partial charge in [0.2, 0.25) is 0 Å². The smallest absolute Gasteiger partial charge is 0.336 e. The van der Waals surface area contributed by atoms with Gasteiger partial charge in [0, 0.05) is 12.2 Å². The Labute approximate surface area is 117 Å². The van der Waals surface area contributed by atoms with Crippen LogP contribution in [0.15, 0.2) is 48.5 Å². The second-order valence-corrected chi connectivity index (χ2v) is 4.35.